The van der Waals surface area contributed by atoms with Crippen LogP contribution < -0.4 is 10.0 Å². The van der Waals surface area contributed by atoms with E-state index in [1.54, 1.807) is 18.2 Å². The van der Waals surface area contributed by atoms with Crippen molar-refractivity contribution in [3.05, 3.63) is 45.8 Å². The third-order valence-electron chi connectivity index (χ3n) is 4.39. The van der Waals surface area contributed by atoms with Crippen molar-refractivity contribution in [1.29, 1.82) is 0 Å². The first-order chi connectivity index (χ1) is 12.1. The van der Waals surface area contributed by atoms with Gasteiger partial charge in [-0.2, -0.15) is 0 Å². The Balaban J connectivity index is 1.69. The molecule has 0 radical (unpaired) electrons. The minimum atomic E-state index is -1.41. The van der Waals surface area contributed by atoms with Gasteiger partial charge in [-0.3, -0.25) is 10.1 Å². The maximum atomic E-state index is 12.2. The third-order valence-corrected chi connectivity index (χ3v) is 6.72. The average molecular weight is 380 g/mol. The number of nitro groups is 1. The average Bonchev–Trinajstić information content (AvgIpc) is 3.16. The summed E-state index contributed by atoms with van der Waals surface area (Å²) in [4.78, 5) is 11.0. The zero-order chi connectivity index (χ0) is 17.6. The summed E-state index contributed by atoms with van der Waals surface area (Å²) in [6.07, 6.45) is 6.14. The van der Waals surface area contributed by atoms with Crippen LogP contribution in [0.15, 0.2) is 39.9 Å². The molecule has 0 aliphatic heterocycles. The van der Waals surface area contributed by atoms with E-state index in [2.05, 4.69) is 10.0 Å². The van der Waals surface area contributed by atoms with Crippen molar-refractivity contribution in [2.24, 2.45) is 5.92 Å². The van der Waals surface area contributed by atoms with Gasteiger partial charge in [-0.05, 0) is 42.3 Å². The van der Waals surface area contributed by atoms with Crippen LogP contribution in [0.1, 0.15) is 32.1 Å². The van der Waals surface area contributed by atoms with E-state index >= 15 is 0 Å². The summed E-state index contributed by atoms with van der Waals surface area (Å²) >= 11 is 1.38. The Labute approximate surface area is 153 Å². The lowest BCUT2D eigenvalue weighted by atomic mass is 9.89. The predicted octanol–water partition coefficient (Wildman–Crippen LogP) is 4.78. The molecule has 6 nitrogen and oxygen atoms in total. The fourth-order valence-corrected chi connectivity index (χ4v) is 4.80. The number of rotatable bonds is 7. The van der Waals surface area contributed by atoms with Crippen LogP contribution in [0.2, 0.25) is 0 Å². The van der Waals surface area contributed by atoms with Crippen molar-refractivity contribution in [3.8, 4) is 0 Å². The van der Waals surface area contributed by atoms with Gasteiger partial charge in [0.15, 0.2) is 11.0 Å². The van der Waals surface area contributed by atoms with Gasteiger partial charge in [-0.15, -0.1) is 11.3 Å². The molecule has 0 spiro atoms. The standard InChI is InChI=1S/C17H21N3O3S2/c21-20(22)16-11-14(19-25(23)17-7-4-10-24-17)8-9-15(16)18-12-13-5-2-1-3-6-13/h4,7-11,13,18-19H,1-3,5-6,12H2. The van der Waals surface area contributed by atoms with Crippen LogP contribution >= 0.6 is 11.3 Å². The smallest absolute Gasteiger partial charge is 0.294 e. The molecule has 2 aromatic rings. The van der Waals surface area contributed by atoms with Gasteiger partial charge in [0.2, 0.25) is 0 Å². The van der Waals surface area contributed by atoms with Crippen molar-refractivity contribution in [2.75, 3.05) is 16.6 Å². The molecule has 1 heterocycles. The summed E-state index contributed by atoms with van der Waals surface area (Å²) in [7, 11) is -1.41. The van der Waals surface area contributed by atoms with E-state index in [1.807, 2.05) is 11.4 Å². The minimum absolute atomic E-state index is 0.00369. The molecule has 134 valence electrons. The molecule has 0 saturated heterocycles. The summed E-state index contributed by atoms with van der Waals surface area (Å²) in [5.74, 6) is 0.581. The summed E-state index contributed by atoms with van der Waals surface area (Å²) in [6.45, 7) is 0.759. The second kappa shape index (κ2) is 8.44. The summed E-state index contributed by atoms with van der Waals surface area (Å²) in [6, 6.07) is 8.44. The molecule has 1 fully saturated rings. The van der Waals surface area contributed by atoms with Gasteiger partial charge in [0.05, 0.1) is 10.6 Å². The van der Waals surface area contributed by atoms with Crippen LogP contribution in [-0.4, -0.2) is 15.7 Å². The molecule has 8 heteroatoms. The van der Waals surface area contributed by atoms with E-state index in [0.29, 0.717) is 21.5 Å². The van der Waals surface area contributed by atoms with Crippen LogP contribution in [0.4, 0.5) is 17.1 Å². The Kier molecular flexibility index (Phi) is 6.04. The number of thiophene rings is 1. The maximum Gasteiger partial charge on any atom is 0.294 e. The fourth-order valence-electron chi connectivity index (χ4n) is 3.07. The maximum absolute atomic E-state index is 12.2. The van der Waals surface area contributed by atoms with Gasteiger partial charge in [-0.25, -0.2) is 4.21 Å². The van der Waals surface area contributed by atoms with E-state index in [-0.39, 0.29) is 5.69 Å². The van der Waals surface area contributed by atoms with Gasteiger partial charge >= 0.3 is 0 Å². The lowest BCUT2D eigenvalue weighted by Crippen LogP contribution is -2.17. The topological polar surface area (TPSA) is 84.3 Å². The summed E-state index contributed by atoms with van der Waals surface area (Å²) < 4.78 is 15.7. The van der Waals surface area contributed by atoms with Gasteiger partial charge in [0.1, 0.15) is 9.90 Å². The first-order valence-electron chi connectivity index (χ1n) is 8.38. The van der Waals surface area contributed by atoms with E-state index in [1.165, 1.54) is 49.5 Å². The highest BCUT2D eigenvalue weighted by Crippen LogP contribution is 2.30. The molecule has 1 saturated carbocycles. The molecular weight excluding hydrogens is 358 g/mol. The van der Waals surface area contributed by atoms with E-state index in [0.717, 1.165) is 6.54 Å². The number of benzene rings is 1. The predicted molar refractivity (Wildman–Crippen MR) is 103 cm³/mol. The van der Waals surface area contributed by atoms with Crippen molar-refractivity contribution >= 4 is 39.4 Å². The van der Waals surface area contributed by atoms with Crippen molar-refractivity contribution in [1.82, 2.24) is 0 Å². The first kappa shape index (κ1) is 17.9. The summed E-state index contributed by atoms with van der Waals surface area (Å²) in [5, 5.41) is 16.5. The molecule has 1 atom stereocenters. The van der Waals surface area contributed by atoms with E-state index in [9.17, 15) is 14.3 Å². The summed E-state index contributed by atoms with van der Waals surface area (Å²) in [5.41, 5.74) is 0.994. The second-order valence-corrected chi connectivity index (χ2v) is 8.56. The second-order valence-electron chi connectivity index (χ2n) is 6.18. The van der Waals surface area contributed by atoms with Crippen LogP contribution in [0.5, 0.6) is 0 Å². The Morgan fingerprint density at radius 1 is 1.24 bits per heavy atom. The normalized spacial score (nSPS) is 16.3. The number of anilines is 2. The van der Waals surface area contributed by atoms with Gasteiger partial charge < -0.3 is 10.0 Å². The molecule has 3 rings (SSSR count). The molecule has 1 aliphatic carbocycles. The van der Waals surface area contributed by atoms with Gasteiger partial charge in [0.25, 0.3) is 5.69 Å². The van der Waals surface area contributed by atoms with E-state index in [4.69, 9.17) is 0 Å². The largest absolute Gasteiger partial charge is 0.379 e. The van der Waals surface area contributed by atoms with Crippen LogP contribution in [0.25, 0.3) is 0 Å². The molecule has 25 heavy (non-hydrogen) atoms. The number of hydrogen-bond donors (Lipinski definition) is 2. The molecule has 1 aromatic carbocycles. The lowest BCUT2D eigenvalue weighted by Gasteiger charge is -2.22. The first-order valence-corrected chi connectivity index (χ1v) is 10.4. The molecular formula is C17H21N3O3S2. The van der Waals surface area contributed by atoms with E-state index < -0.39 is 15.9 Å². The van der Waals surface area contributed by atoms with Crippen molar-refractivity contribution in [2.45, 2.75) is 36.3 Å². The monoisotopic (exact) mass is 379 g/mol. The lowest BCUT2D eigenvalue weighted by molar-refractivity contribution is -0.383. The quantitative estimate of drug-likeness (QED) is 0.535. The Bertz CT molecular complexity index is 744. The molecule has 2 N–H and O–H groups in total. The number of nitrogens with zero attached hydrogens (tertiary/aromatic N) is 1. The molecule has 1 unspecified atom stereocenters. The molecule has 0 bridgehead atoms. The van der Waals surface area contributed by atoms with Crippen LogP contribution in [0, 0.1) is 16.0 Å². The number of nitro benzene ring substituents is 1. The molecule has 1 aromatic heterocycles. The van der Waals surface area contributed by atoms with Crippen LogP contribution in [0.3, 0.4) is 0 Å². The fraction of sp³-hybridized carbons (Fsp3) is 0.412. The van der Waals surface area contributed by atoms with Crippen molar-refractivity contribution < 1.29 is 9.13 Å². The van der Waals surface area contributed by atoms with Gasteiger partial charge in [-0.1, -0.05) is 25.3 Å². The zero-order valence-electron chi connectivity index (χ0n) is 13.8. The number of nitrogens with one attached hydrogen (secondary N) is 2. The van der Waals surface area contributed by atoms with Gasteiger partial charge in [0, 0.05) is 12.6 Å². The zero-order valence-corrected chi connectivity index (χ0v) is 15.4. The van der Waals surface area contributed by atoms with Crippen LogP contribution in [-0.2, 0) is 11.0 Å². The minimum Gasteiger partial charge on any atom is -0.379 e. The Hall–Kier alpha value is -1.93. The highest BCUT2D eigenvalue weighted by atomic mass is 32.2. The SMILES string of the molecule is O=[N+]([O-])c1cc(NS(=O)c2cccs2)ccc1NCC1CCCCC1. The molecule has 1 aliphatic rings. The Morgan fingerprint density at radius 2 is 2.04 bits per heavy atom. The highest BCUT2D eigenvalue weighted by molar-refractivity contribution is 7.88. The van der Waals surface area contributed by atoms with Crippen molar-refractivity contribution in [3.63, 3.8) is 0 Å². The molecule has 0 amide bonds. The third kappa shape index (κ3) is 4.79. The highest BCUT2D eigenvalue weighted by Gasteiger charge is 2.18. The Morgan fingerprint density at radius 3 is 2.72 bits per heavy atom. The number of hydrogen-bond acceptors (Lipinski definition) is 5.